The van der Waals surface area contributed by atoms with Crippen molar-refractivity contribution in [2.75, 3.05) is 14.2 Å². The van der Waals surface area contributed by atoms with Crippen molar-refractivity contribution in [2.24, 2.45) is 0 Å². The van der Waals surface area contributed by atoms with Gasteiger partial charge in [0.05, 0.1) is 7.11 Å². The molecule has 2 aromatic rings. The predicted molar refractivity (Wildman–Crippen MR) is 89.2 cm³/mol. The van der Waals surface area contributed by atoms with Crippen molar-refractivity contribution in [1.29, 1.82) is 0 Å². The molecule has 0 radical (unpaired) electrons. The Hall–Kier alpha value is -2.07. The van der Waals surface area contributed by atoms with Crippen molar-refractivity contribution >= 4 is 17.5 Å². The van der Waals surface area contributed by atoms with Gasteiger partial charge in [0.1, 0.15) is 0 Å². The fourth-order valence-electron chi connectivity index (χ4n) is 2.26. The maximum Gasteiger partial charge on any atom is 0.222 e. The quantitative estimate of drug-likeness (QED) is 0.796. The van der Waals surface area contributed by atoms with E-state index >= 15 is 0 Å². The van der Waals surface area contributed by atoms with Crippen LogP contribution in [0.1, 0.15) is 17.5 Å². The van der Waals surface area contributed by atoms with Gasteiger partial charge in [-0.15, -0.1) is 0 Å². The fraction of sp³-hybridized carbons (Fsp3) is 0.278. The Morgan fingerprint density at radius 2 is 1.83 bits per heavy atom. The second-order valence-corrected chi connectivity index (χ2v) is 5.78. The summed E-state index contributed by atoms with van der Waals surface area (Å²) in [6.07, 6.45) is 0.820. The van der Waals surface area contributed by atoms with Crippen LogP contribution in [0.5, 0.6) is 5.75 Å². The van der Waals surface area contributed by atoms with Gasteiger partial charge in [0.15, 0.2) is 11.6 Å². The topological polar surface area (TPSA) is 29.5 Å². The fourth-order valence-corrected chi connectivity index (χ4v) is 2.39. The number of ether oxygens (including phenoxy) is 1. The first-order chi connectivity index (χ1) is 11.0. The zero-order valence-corrected chi connectivity index (χ0v) is 13.9. The zero-order chi connectivity index (χ0) is 16.8. The molecule has 3 nitrogen and oxygen atoms in total. The minimum atomic E-state index is -0.410. The zero-order valence-electron chi connectivity index (χ0n) is 13.2. The van der Waals surface area contributed by atoms with E-state index in [4.69, 9.17) is 16.3 Å². The van der Waals surface area contributed by atoms with Crippen LogP contribution in [-0.4, -0.2) is 25.0 Å². The molecule has 0 aliphatic heterocycles. The Labute approximate surface area is 140 Å². The largest absolute Gasteiger partial charge is 0.494 e. The standard InChI is InChI=1S/C18H19ClFNO2/c1-21(12-14-3-7-15(19)8-4-14)18(22)10-6-13-5-9-17(23-2)16(20)11-13/h3-5,7-9,11H,6,10,12H2,1-2H3. The van der Waals surface area contributed by atoms with E-state index in [1.54, 1.807) is 36.2 Å². The third-order valence-electron chi connectivity index (χ3n) is 3.60. The van der Waals surface area contributed by atoms with Gasteiger partial charge in [-0.05, 0) is 41.8 Å². The van der Waals surface area contributed by atoms with Gasteiger partial charge in [0.2, 0.25) is 5.91 Å². The van der Waals surface area contributed by atoms with Gasteiger partial charge in [-0.3, -0.25) is 4.79 Å². The predicted octanol–water partition coefficient (Wildman–Crippen LogP) is 4.08. The van der Waals surface area contributed by atoms with Crippen LogP contribution in [0.15, 0.2) is 42.5 Å². The Kier molecular flexibility index (Phi) is 5.99. The average Bonchev–Trinajstić information content (AvgIpc) is 2.54. The molecule has 0 saturated carbocycles. The molecule has 23 heavy (non-hydrogen) atoms. The molecular weight excluding hydrogens is 317 g/mol. The van der Waals surface area contributed by atoms with Gasteiger partial charge < -0.3 is 9.64 Å². The van der Waals surface area contributed by atoms with E-state index in [2.05, 4.69) is 0 Å². The van der Waals surface area contributed by atoms with E-state index < -0.39 is 5.82 Å². The molecule has 1 amide bonds. The summed E-state index contributed by atoms with van der Waals surface area (Å²) in [5.41, 5.74) is 1.79. The third kappa shape index (κ3) is 4.96. The molecule has 2 aromatic carbocycles. The summed E-state index contributed by atoms with van der Waals surface area (Å²) >= 11 is 5.84. The van der Waals surface area contributed by atoms with Gasteiger partial charge in [-0.2, -0.15) is 0 Å². The van der Waals surface area contributed by atoms with E-state index in [0.29, 0.717) is 24.4 Å². The molecule has 0 N–H and O–H groups in total. The number of hydrogen-bond donors (Lipinski definition) is 0. The minimum Gasteiger partial charge on any atom is -0.494 e. The minimum absolute atomic E-state index is 0.0103. The molecule has 0 atom stereocenters. The lowest BCUT2D eigenvalue weighted by Gasteiger charge is -2.17. The van der Waals surface area contributed by atoms with Crippen LogP contribution in [0.4, 0.5) is 4.39 Å². The van der Waals surface area contributed by atoms with Crippen LogP contribution in [0.3, 0.4) is 0 Å². The highest BCUT2D eigenvalue weighted by molar-refractivity contribution is 6.30. The summed E-state index contributed by atoms with van der Waals surface area (Å²) in [5.74, 6) is -0.192. The number of halogens is 2. The molecule has 0 heterocycles. The third-order valence-corrected chi connectivity index (χ3v) is 3.85. The van der Waals surface area contributed by atoms with Crippen molar-refractivity contribution in [2.45, 2.75) is 19.4 Å². The Bertz CT molecular complexity index is 673. The Morgan fingerprint density at radius 1 is 1.17 bits per heavy atom. The summed E-state index contributed by atoms with van der Waals surface area (Å²) in [4.78, 5) is 13.8. The van der Waals surface area contributed by atoms with Crippen LogP contribution < -0.4 is 4.74 Å². The molecule has 0 spiro atoms. The van der Waals surface area contributed by atoms with Crippen LogP contribution in [0.25, 0.3) is 0 Å². The second-order valence-electron chi connectivity index (χ2n) is 5.35. The molecule has 5 heteroatoms. The van der Waals surface area contributed by atoms with Crippen molar-refractivity contribution in [1.82, 2.24) is 4.90 Å². The molecule has 2 rings (SSSR count). The summed E-state index contributed by atoms with van der Waals surface area (Å²) in [6, 6.07) is 12.1. The Morgan fingerprint density at radius 3 is 2.43 bits per heavy atom. The first-order valence-electron chi connectivity index (χ1n) is 7.30. The number of benzene rings is 2. The summed E-state index contributed by atoms with van der Waals surface area (Å²) < 4.78 is 18.5. The maximum absolute atomic E-state index is 13.6. The molecule has 0 saturated heterocycles. The second kappa shape index (κ2) is 7.97. The maximum atomic E-state index is 13.6. The molecule has 0 unspecified atom stereocenters. The van der Waals surface area contributed by atoms with Crippen molar-refractivity contribution < 1.29 is 13.9 Å². The number of rotatable bonds is 6. The lowest BCUT2D eigenvalue weighted by molar-refractivity contribution is -0.130. The van der Waals surface area contributed by atoms with Gasteiger partial charge in [-0.1, -0.05) is 29.8 Å². The van der Waals surface area contributed by atoms with Gasteiger partial charge in [-0.25, -0.2) is 4.39 Å². The number of carbonyl (C=O) groups is 1. The normalized spacial score (nSPS) is 10.4. The molecule has 0 aliphatic carbocycles. The van der Waals surface area contributed by atoms with Crippen LogP contribution in [-0.2, 0) is 17.8 Å². The lowest BCUT2D eigenvalue weighted by Crippen LogP contribution is -2.26. The Balaban J connectivity index is 1.88. The average molecular weight is 336 g/mol. The number of hydrogen-bond acceptors (Lipinski definition) is 2. The van der Waals surface area contributed by atoms with Crippen LogP contribution in [0.2, 0.25) is 5.02 Å². The van der Waals surface area contributed by atoms with E-state index in [1.165, 1.54) is 13.2 Å². The molecule has 0 bridgehead atoms. The SMILES string of the molecule is COc1ccc(CCC(=O)N(C)Cc2ccc(Cl)cc2)cc1F. The van der Waals surface area contributed by atoms with Gasteiger partial charge >= 0.3 is 0 Å². The number of methoxy groups -OCH3 is 1. The number of carbonyl (C=O) groups excluding carboxylic acids is 1. The number of nitrogens with zero attached hydrogens (tertiary/aromatic N) is 1. The van der Waals surface area contributed by atoms with Crippen LogP contribution in [0, 0.1) is 5.82 Å². The smallest absolute Gasteiger partial charge is 0.222 e. The highest BCUT2D eigenvalue weighted by Gasteiger charge is 2.11. The highest BCUT2D eigenvalue weighted by Crippen LogP contribution is 2.19. The summed E-state index contributed by atoms with van der Waals surface area (Å²) in [7, 11) is 3.18. The van der Waals surface area contributed by atoms with Crippen molar-refractivity contribution in [3.63, 3.8) is 0 Å². The van der Waals surface area contributed by atoms with E-state index in [-0.39, 0.29) is 11.7 Å². The first kappa shape index (κ1) is 17.3. The van der Waals surface area contributed by atoms with E-state index in [9.17, 15) is 9.18 Å². The lowest BCUT2D eigenvalue weighted by atomic mass is 10.1. The molecule has 0 aliphatic rings. The van der Waals surface area contributed by atoms with Gasteiger partial charge in [0, 0.05) is 25.0 Å². The van der Waals surface area contributed by atoms with E-state index in [0.717, 1.165) is 11.1 Å². The number of aryl methyl sites for hydroxylation is 1. The van der Waals surface area contributed by atoms with Crippen molar-refractivity contribution in [3.8, 4) is 5.75 Å². The van der Waals surface area contributed by atoms with E-state index in [1.807, 2.05) is 12.1 Å². The number of amides is 1. The monoisotopic (exact) mass is 335 g/mol. The first-order valence-corrected chi connectivity index (χ1v) is 7.68. The van der Waals surface area contributed by atoms with Crippen LogP contribution >= 0.6 is 11.6 Å². The highest BCUT2D eigenvalue weighted by atomic mass is 35.5. The van der Waals surface area contributed by atoms with Gasteiger partial charge in [0.25, 0.3) is 0 Å². The molecule has 0 aromatic heterocycles. The molecular formula is C18H19ClFNO2. The molecule has 122 valence electrons. The summed E-state index contributed by atoms with van der Waals surface area (Å²) in [5, 5.41) is 0.671. The molecule has 0 fully saturated rings. The summed E-state index contributed by atoms with van der Waals surface area (Å²) in [6.45, 7) is 0.521. The van der Waals surface area contributed by atoms with Crippen molar-refractivity contribution in [3.05, 3.63) is 64.4 Å².